The van der Waals surface area contributed by atoms with Crippen molar-refractivity contribution in [3.8, 4) is 16.9 Å². The Bertz CT molecular complexity index is 1500. The first-order valence-corrected chi connectivity index (χ1v) is 14.9. The standard InChI is InChI=1S/C31H30NOSi/c1-22-18-28(30-26-16-10-8-12-23(26)20-24-13-9-11-17-27(24)30)31-29(19-22)34(3,4)32(2,21-33-31)25-14-6-5-7-15-25/h5-20H,21H2,1-4H3/q+1. The van der Waals surface area contributed by atoms with Gasteiger partial charge in [0.1, 0.15) is 11.4 Å². The van der Waals surface area contributed by atoms with Crippen molar-refractivity contribution >= 4 is 40.7 Å². The van der Waals surface area contributed by atoms with Crippen molar-refractivity contribution in [3.05, 3.63) is 103 Å². The first-order chi connectivity index (χ1) is 16.4. The van der Waals surface area contributed by atoms with E-state index < -0.39 is 8.24 Å². The number of benzene rings is 5. The molecule has 1 aliphatic rings. The van der Waals surface area contributed by atoms with E-state index in [1.165, 1.54) is 49.1 Å². The fourth-order valence-electron chi connectivity index (χ4n) is 5.65. The molecule has 0 saturated carbocycles. The minimum Gasteiger partial charge on any atom is -0.446 e. The first kappa shape index (κ1) is 21.2. The molecule has 0 radical (unpaired) electrons. The van der Waals surface area contributed by atoms with Gasteiger partial charge in [0, 0.05) is 16.3 Å². The molecule has 0 N–H and O–H groups in total. The number of hydrogen-bond donors (Lipinski definition) is 0. The smallest absolute Gasteiger partial charge is 0.323 e. The molecular formula is C31H30NOSi+. The number of rotatable bonds is 2. The van der Waals surface area contributed by atoms with Gasteiger partial charge >= 0.3 is 8.24 Å². The quantitative estimate of drug-likeness (QED) is 0.197. The van der Waals surface area contributed by atoms with Crippen molar-refractivity contribution in [1.29, 1.82) is 0 Å². The second kappa shape index (κ2) is 7.56. The fourth-order valence-corrected chi connectivity index (χ4v) is 8.70. The third-order valence-electron chi connectivity index (χ3n) is 7.96. The van der Waals surface area contributed by atoms with Crippen molar-refractivity contribution in [2.24, 2.45) is 0 Å². The zero-order valence-electron chi connectivity index (χ0n) is 20.3. The van der Waals surface area contributed by atoms with E-state index in [0.717, 1.165) is 9.90 Å². The molecule has 0 spiro atoms. The molecule has 0 amide bonds. The third-order valence-corrected chi connectivity index (χ3v) is 12.5. The maximum atomic E-state index is 6.77. The Labute approximate surface area is 202 Å². The number of aryl methyl sites for hydroxylation is 1. The third kappa shape index (κ3) is 2.97. The van der Waals surface area contributed by atoms with Crippen LogP contribution in [0.15, 0.2) is 97.1 Å². The van der Waals surface area contributed by atoms with Gasteiger partial charge in [0.15, 0.2) is 0 Å². The zero-order valence-corrected chi connectivity index (χ0v) is 21.3. The lowest BCUT2D eigenvalue weighted by Gasteiger charge is -2.49. The van der Waals surface area contributed by atoms with Crippen LogP contribution < -0.4 is 14.1 Å². The average molecular weight is 461 g/mol. The summed E-state index contributed by atoms with van der Waals surface area (Å²) in [6, 6.07) is 35.4. The number of ether oxygens (including phenoxy) is 1. The Morgan fingerprint density at radius 2 is 1.32 bits per heavy atom. The van der Waals surface area contributed by atoms with E-state index in [4.69, 9.17) is 4.74 Å². The van der Waals surface area contributed by atoms with Gasteiger partial charge in [-0.2, -0.15) is 0 Å². The topological polar surface area (TPSA) is 9.23 Å². The van der Waals surface area contributed by atoms with E-state index >= 15 is 0 Å². The van der Waals surface area contributed by atoms with Gasteiger partial charge < -0.3 is 8.89 Å². The van der Waals surface area contributed by atoms with Crippen LogP contribution >= 0.6 is 0 Å². The maximum Gasteiger partial charge on any atom is 0.323 e. The summed E-state index contributed by atoms with van der Waals surface area (Å²) in [5.41, 5.74) is 5.12. The van der Waals surface area contributed by atoms with Crippen LogP contribution in [0, 0.1) is 6.92 Å². The SMILES string of the molecule is Cc1cc(-c2c3ccccc3cc3ccccc23)c2c(c1)[Si](C)(C)[N+](C)(c1ccccc1)CO2. The minimum atomic E-state index is -2.02. The molecule has 5 aromatic rings. The molecule has 0 fully saturated rings. The molecule has 1 heterocycles. The molecule has 3 heteroatoms. The number of para-hydroxylation sites is 1. The highest BCUT2D eigenvalue weighted by molar-refractivity contribution is 6.91. The molecule has 2 nitrogen and oxygen atoms in total. The van der Waals surface area contributed by atoms with E-state index in [1.807, 2.05) is 0 Å². The largest absolute Gasteiger partial charge is 0.446 e. The maximum absolute atomic E-state index is 6.77. The minimum absolute atomic E-state index is 0.648. The molecule has 168 valence electrons. The normalized spacial score (nSPS) is 19.1. The first-order valence-electron chi connectivity index (χ1n) is 12.0. The summed E-state index contributed by atoms with van der Waals surface area (Å²) in [6.45, 7) is 7.86. The molecule has 5 aromatic carbocycles. The second-order valence-corrected chi connectivity index (χ2v) is 14.9. The van der Waals surface area contributed by atoms with Gasteiger partial charge in [0.05, 0.1) is 7.05 Å². The second-order valence-electron chi connectivity index (χ2n) is 10.2. The van der Waals surface area contributed by atoms with Crippen molar-refractivity contribution < 1.29 is 4.74 Å². The highest BCUT2D eigenvalue weighted by atomic mass is 28.3. The predicted molar refractivity (Wildman–Crippen MR) is 148 cm³/mol. The van der Waals surface area contributed by atoms with Crippen LogP contribution in [0.5, 0.6) is 5.75 Å². The van der Waals surface area contributed by atoms with Crippen LogP contribution in [-0.4, -0.2) is 22.0 Å². The summed E-state index contributed by atoms with van der Waals surface area (Å²) in [7, 11) is 0.323. The molecule has 1 atom stereocenters. The van der Waals surface area contributed by atoms with Crippen LogP contribution in [0.4, 0.5) is 5.69 Å². The van der Waals surface area contributed by atoms with E-state index in [9.17, 15) is 0 Å². The van der Waals surface area contributed by atoms with Crippen LogP contribution in [0.25, 0.3) is 32.7 Å². The van der Waals surface area contributed by atoms with Crippen molar-refractivity contribution in [2.75, 3.05) is 13.8 Å². The van der Waals surface area contributed by atoms with Crippen LogP contribution in [0.2, 0.25) is 13.1 Å². The molecule has 0 bridgehead atoms. The molecule has 0 saturated heterocycles. The zero-order chi connectivity index (χ0) is 23.5. The van der Waals surface area contributed by atoms with Crippen LogP contribution in [-0.2, 0) is 0 Å². The summed E-state index contributed by atoms with van der Waals surface area (Å²) < 4.78 is 7.61. The Morgan fingerprint density at radius 3 is 1.97 bits per heavy atom. The lowest BCUT2D eigenvalue weighted by atomic mass is 9.91. The lowest BCUT2D eigenvalue weighted by molar-refractivity contribution is 0.210. The summed E-state index contributed by atoms with van der Waals surface area (Å²) in [6.07, 6.45) is 0. The van der Waals surface area contributed by atoms with Gasteiger partial charge in [0.25, 0.3) is 0 Å². The Morgan fingerprint density at radius 1 is 0.735 bits per heavy atom. The Hall–Kier alpha value is -3.40. The molecule has 6 rings (SSSR count). The van der Waals surface area contributed by atoms with Crippen molar-refractivity contribution in [1.82, 2.24) is 4.15 Å². The van der Waals surface area contributed by atoms with E-state index in [-0.39, 0.29) is 0 Å². The molecule has 1 aliphatic heterocycles. The highest BCUT2D eigenvalue weighted by Gasteiger charge is 2.53. The van der Waals surface area contributed by atoms with Crippen LogP contribution in [0.1, 0.15) is 5.56 Å². The summed E-state index contributed by atoms with van der Waals surface area (Å²) in [4.78, 5) is 0. The van der Waals surface area contributed by atoms with E-state index in [2.05, 4.69) is 124 Å². The van der Waals surface area contributed by atoms with Gasteiger partial charge in [0.2, 0.25) is 6.73 Å². The van der Waals surface area contributed by atoms with Crippen molar-refractivity contribution in [2.45, 2.75) is 20.0 Å². The molecule has 0 aliphatic carbocycles. The molecule has 34 heavy (non-hydrogen) atoms. The van der Waals surface area contributed by atoms with Gasteiger partial charge in [-0.05, 0) is 65.8 Å². The molecular weight excluding hydrogens is 430 g/mol. The predicted octanol–water partition coefficient (Wildman–Crippen LogP) is 7.37. The molecule has 1 unspecified atom stereocenters. The monoisotopic (exact) mass is 460 g/mol. The van der Waals surface area contributed by atoms with Crippen molar-refractivity contribution in [3.63, 3.8) is 0 Å². The molecule has 0 aromatic heterocycles. The fraction of sp³-hybridized carbons (Fsp3) is 0.161. The average Bonchev–Trinajstić information content (AvgIpc) is 2.85. The van der Waals surface area contributed by atoms with Gasteiger partial charge in [-0.25, -0.2) is 0 Å². The number of hydrogen-bond acceptors (Lipinski definition) is 1. The van der Waals surface area contributed by atoms with Gasteiger partial charge in [-0.15, -0.1) is 0 Å². The number of nitrogens with zero attached hydrogens (tertiary/aromatic N) is 1. The van der Waals surface area contributed by atoms with Gasteiger partial charge in [-0.1, -0.05) is 78.4 Å². The van der Waals surface area contributed by atoms with Crippen LogP contribution in [0.3, 0.4) is 0 Å². The van der Waals surface area contributed by atoms with E-state index in [1.54, 1.807) is 0 Å². The highest BCUT2D eigenvalue weighted by Crippen LogP contribution is 2.44. The lowest BCUT2D eigenvalue weighted by Crippen LogP contribution is -2.74. The number of quaternary nitrogens is 1. The Kier molecular flexibility index (Phi) is 4.70. The van der Waals surface area contributed by atoms with Gasteiger partial charge in [-0.3, -0.25) is 0 Å². The summed E-state index contributed by atoms with van der Waals surface area (Å²) >= 11 is 0. The van der Waals surface area contributed by atoms with E-state index in [0.29, 0.717) is 6.73 Å². The summed E-state index contributed by atoms with van der Waals surface area (Å²) in [5, 5.41) is 6.50. The Balaban J connectivity index is 1.67. The number of fused-ring (bicyclic) bond motifs is 3. The summed E-state index contributed by atoms with van der Waals surface area (Å²) in [5.74, 6) is 1.08.